The molecule has 2 N–H and O–H groups in total. The third-order valence-corrected chi connectivity index (χ3v) is 5.11. The molecule has 3 atom stereocenters. The fourth-order valence-corrected chi connectivity index (χ4v) is 3.80. The van der Waals surface area contributed by atoms with Crippen molar-refractivity contribution < 1.29 is 14.4 Å². The van der Waals surface area contributed by atoms with Gasteiger partial charge in [0.1, 0.15) is 6.04 Å². The Hall–Kier alpha value is -2.21. The van der Waals surface area contributed by atoms with E-state index in [1.807, 2.05) is 36.6 Å². The summed E-state index contributed by atoms with van der Waals surface area (Å²) in [5, 5.41) is 0. The number of nitrogens with two attached hydrogens (primary N) is 1. The third-order valence-electron chi connectivity index (χ3n) is 5.11. The summed E-state index contributed by atoms with van der Waals surface area (Å²) < 4.78 is 0. The van der Waals surface area contributed by atoms with Gasteiger partial charge in [-0.3, -0.25) is 14.4 Å². The Kier molecular flexibility index (Phi) is 5.48. The fourth-order valence-electron chi connectivity index (χ4n) is 3.80. The summed E-state index contributed by atoms with van der Waals surface area (Å²) in [6.45, 7) is 1.11. The van der Waals surface area contributed by atoms with Crippen molar-refractivity contribution in [2.24, 2.45) is 5.73 Å². The van der Waals surface area contributed by atoms with Gasteiger partial charge >= 0.3 is 0 Å². The molecule has 25 heavy (non-hydrogen) atoms. The molecule has 2 fully saturated rings. The molecule has 2 saturated heterocycles. The molecule has 6 heteroatoms. The lowest BCUT2D eigenvalue weighted by Crippen LogP contribution is -2.53. The van der Waals surface area contributed by atoms with Gasteiger partial charge in [0.15, 0.2) is 0 Å². The van der Waals surface area contributed by atoms with E-state index in [0.717, 1.165) is 18.4 Å². The summed E-state index contributed by atoms with van der Waals surface area (Å²) in [5.41, 5.74) is 7.12. The van der Waals surface area contributed by atoms with E-state index >= 15 is 0 Å². The van der Waals surface area contributed by atoms with Crippen molar-refractivity contribution in [1.82, 2.24) is 9.80 Å². The maximum Gasteiger partial charge on any atom is 0.246 e. The predicted molar refractivity (Wildman–Crippen MR) is 93.3 cm³/mol. The van der Waals surface area contributed by atoms with Crippen LogP contribution in [0.3, 0.4) is 0 Å². The summed E-state index contributed by atoms with van der Waals surface area (Å²) in [5.74, 6) is -0.325. The highest BCUT2D eigenvalue weighted by Gasteiger charge is 2.41. The Morgan fingerprint density at radius 1 is 1.12 bits per heavy atom. The average Bonchev–Trinajstić information content (AvgIpc) is 3.30. The van der Waals surface area contributed by atoms with Gasteiger partial charge in [-0.2, -0.15) is 0 Å². The first-order valence-electron chi connectivity index (χ1n) is 8.90. The largest absolute Gasteiger partial charge is 0.330 e. The van der Waals surface area contributed by atoms with Crippen molar-refractivity contribution in [1.29, 1.82) is 0 Å². The maximum absolute atomic E-state index is 12.8. The summed E-state index contributed by atoms with van der Waals surface area (Å²) in [6, 6.07) is 8.00. The maximum atomic E-state index is 12.8. The molecular weight excluding hydrogens is 318 g/mol. The van der Waals surface area contributed by atoms with E-state index in [1.54, 1.807) is 9.80 Å². The molecule has 133 valence electrons. The Morgan fingerprint density at radius 3 is 2.52 bits per heavy atom. The zero-order valence-electron chi connectivity index (χ0n) is 14.3. The fraction of sp³-hybridized carbons (Fsp3) is 0.526. The minimum absolute atomic E-state index is 0.136. The van der Waals surface area contributed by atoms with Crippen LogP contribution in [0.2, 0.25) is 0 Å². The smallest absolute Gasteiger partial charge is 0.246 e. The molecular formula is C19H24N3O3. The van der Waals surface area contributed by atoms with Gasteiger partial charge in [0.25, 0.3) is 0 Å². The van der Waals surface area contributed by atoms with Crippen molar-refractivity contribution in [3.8, 4) is 0 Å². The summed E-state index contributed by atoms with van der Waals surface area (Å²) >= 11 is 0. The Bertz CT molecular complexity index is 634. The molecule has 1 radical (unpaired) electrons. The molecule has 0 spiro atoms. The Morgan fingerprint density at radius 2 is 1.80 bits per heavy atom. The first-order valence-corrected chi connectivity index (χ1v) is 8.90. The van der Waals surface area contributed by atoms with Crippen LogP contribution in [0.4, 0.5) is 0 Å². The van der Waals surface area contributed by atoms with Crippen molar-refractivity contribution >= 4 is 18.1 Å². The van der Waals surface area contributed by atoms with E-state index in [-0.39, 0.29) is 11.8 Å². The van der Waals surface area contributed by atoms with E-state index in [4.69, 9.17) is 5.73 Å². The number of carbonyl (C=O) groups is 2. The zero-order chi connectivity index (χ0) is 17.8. The second kappa shape index (κ2) is 7.78. The monoisotopic (exact) mass is 342 g/mol. The lowest BCUT2D eigenvalue weighted by molar-refractivity contribution is -0.144. The van der Waals surface area contributed by atoms with Crippen LogP contribution in [0.1, 0.15) is 31.2 Å². The lowest BCUT2D eigenvalue weighted by atomic mass is 10.0. The normalized spacial score (nSPS) is 24.4. The zero-order valence-corrected chi connectivity index (χ0v) is 14.3. The van der Waals surface area contributed by atoms with Crippen LogP contribution < -0.4 is 5.73 Å². The van der Waals surface area contributed by atoms with Crippen LogP contribution in [0, 0.1) is 0 Å². The second-order valence-corrected chi connectivity index (χ2v) is 6.79. The SMILES string of the molecule is N[C@@H](Cc1ccccc1)C(=O)N1CCC[C@H]1C(=O)N1CCC[C@H]1[C]=O. The first kappa shape index (κ1) is 17.6. The molecule has 1 aromatic rings. The van der Waals surface area contributed by atoms with Crippen LogP contribution in [-0.2, 0) is 20.8 Å². The van der Waals surface area contributed by atoms with Gasteiger partial charge in [0.05, 0.1) is 12.1 Å². The number of nitrogens with zero attached hydrogens (tertiary/aromatic N) is 2. The molecule has 2 amide bonds. The van der Waals surface area contributed by atoms with Crippen LogP contribution in [0.25, 0.3) is 0 Å². The van der Waals surface area contributed by atoms with Crippen LogP contribution in [0.15, 0.2) is 30.3 Å². The number of amides is 2. The molecule has 1 aromatic carbocycles. The van der Waals surface area contributed by atoms with Crippen molar-refractivity contribution in [3.63, 3.8) is 0 Å². The number of rotatable bonds is 5. The van der Waals surface area contributed by atoms with Gasteiger partial charge in [0.2, 0.25) is 18.1 Å². The van der Waals surface area contributed by atoms with Crippen molar-refractivity contribution in [2.45, 2.75) is 50.2 Å². The quantitative estimate of drug-likeness (QED) is 0.851. The summed E-state index contributed by atoms with van der Waals surface area (Å²) in [7, 11) is 0. The number of likely N-dealkylation sites (tertiary alicyclic amines) is 2. The van der Waals surface area contributed by atoms with E-state index in [9.17, 15) is 14.4 Å². The van der Waals surface area contributed by atoms with E-state index in [2.05, 4.69) is 0 Å². The topological polar surface area (TPSA) is 83.7 Å². The standard InChI is InChI=1S/C19H24N3O3/c20-16(12-14-6-2-1-3-7-14)18(24)22-11-5-9-17(22)19(25)21-10-4-8-15(21)13-23/h1-3,6-7,15-17H,4-5,8-12,20H2/t15-,16-,17-/m0/s1. The molecule has 2 heterocycles. The molecule has 0 saturated carbocycles. The van der Waals surface area contributed by atoms with Crippen LogP contribution >= 0.6 is 0 Å². The molecule has 0 unspecified atom stereocenters. The van der Waals surface area contributed by atoms with Gasteiger partial charge in [-0.1, -0.05) is 30.3 Å². The van der Waals surface area contributed by atoms with Crippen molar-refractivity contribution in [3.05, 3.63) is 35.9 Å². The number of benzene rings is 1. The number of hydrogen-bond donors (Lipinski definition) is 1. The van der Waals surface area contributed by atoms with Gasteiger partial charge in [-0.05, 0) is 37.7 Å². The van der Waals surface area contributed by atoms with Crippen LogP contribution in [-0.4, -0.2) is 59.1 Å². The molecule has 3 rings (SSSR count). The van der Waals surface area contributed by atoms with E-state index < -0.39 is 18.1 Å². The van der Waals surface area contributed by atoms with Gasteiger partial charge < -0.3 is 15.5 Å². The van der Waals surface area contributed by atoms with E-state index in [0.29, 0.717) is 32.4 Å². The first-order chi connectivity index (χ1) is 12.1. The highest BCUT2D eigenvalue weighted by molar-refractivity contribution is 5.91. The van der Waals surface area contributed by atoms with Crippen LogP contribution in [0.5, 0.6) is 0 Å². The summed E-state index contributed by atoms with van der Waals surface area (Å²) in [4.78, 5) is 39.8. The van der Waals surface area contributed by atoms with E-state index in [1.165, 1.54) is 0 Å². The van der Waals surface area contributed by atoms with Gasteiger partial charge in [-0.15, -0.1) is 0 Å². The highest BCUT2D eigenvalue weighted by atomic mass is 16.2. The molecule has 2 aliphatic rings. The molecule has 0 bridgehead atoms. The Balaban J connectivity index is 1.67. The Labute approximate surface area is 148 Å². The average molecular weight is 342 g/mol. The third kappa shape index (κ3) is 3.74. The molecule has 2 aliphatic heterocycles. The minimum Gasteiger partial charge on any atom is -0.330 e. The summed E-state index contributed by atoms with van der Waals surface area (Å²) in [6.07, 6.45) is 5.27. The molecule has 0 aromatic heterocycles. The molecule has 0 aliphatic carbocycles. The van der Waals surface area contributed by atoms with Crippen molar-refractivity contribution in [2.75, 3.05) is 13.1 Å². The second-order valence-electron chi connectivity index (χ2n) is 6.79. The molecule has 6 nitrogen and oxygen atoms in total. The minimum atomic E-state index is -0.664. The highest BCUT2D eigenvalue weighted by Crippen LogP contribution is 2.24. The number of carbonyl (C=O) groups excluding carboxylic acids is 3. The van der Waals surface area contributed by atoms with Gasteiger partial charge in [-0.25, -0.2) is 0 Å². The predicted octanol–water partition coefficient (Wildman–Crippen LogP) is 0.648. The number of hydrogen-bond acceptors (Lipinski definition) is 4. The van der Waals surface area contributed by atoms with Gasteiger partial charge in [0, 0.05) is 13.1 Å². The lowest BCUT2D eigenvalue weighted by Gasteiger charge is -2.31.